The van der Waals surface area contributed by atoms with Crippen LogP contribution in [0.5, 0.6) is 0 Å². The first-order valence-corrected chi connectivity index (χ1v) is 10.2. The number of allylic oxidation sites excluding steroid dienone is 1. The van der Waals surface area contributed by atoms with E-state index in [0.29, 0.717) is 5.56 Å². The molecule has 150 valence electrons. The lowest BCUT2D eigenvalue weighted by Crippen LogP contribution is -2.26. The highest BCUT2D eigenvalue weighted by Crippen LogP contribution is 2.32. The minimum absolute atomic E-state index is 0.0307. The number of nitrogens with zero attached hydrogens (tertiary/aromatic N) is 3. The number of rotatable bonds is 3. The number of hydrogen-bond donors (Lipinski definition) is 0. The van der Waals surface area contributed by atoms with Gasteiger partial charge in [0, 0.05) is 56.4 Å². The van der Waals surface area contributed by atoms with E-state index in [1.807, 2.05) is 24.3 Å². The van der Waals surface area contributed by atoms with E-state index in [2.05, 4.69) is 54.8 Å². The Balaban J connectivity index is 1.77. The van der Waals surface area contributed by atoms with Crippen LogP contribution in [0.4, 0.5) is 0 Å². The van der Waals surface area contributed by atoms with Gasteiger partial charge in [0.25, 0.3) is 5.91 Å². The zero-order valence-corrected chi connectivity index (χ0v) is 18.0. The van der Waals surface area contributed by atoms with Crippen molar-refractivity contribution in [3.63, 3.8) is 0 Å². The second-order valence-electron chi connectivity index (χ2n) is 8.39. The molecule has 29 heavy (non-hydrogen) atoms. The summed E-state index contributed by atoms with van der Waals surface area (Å²) in [6, 6.07) is 14.7. The zero-order valence-electron chi connectivity index (χ0n) is 18.0. The van der Waals surface area contributed by atoms with Crippen molar-refractivity contribution in [3.8, 4) is 0 Å². The molecule has 0 atom stereocenters. The standard InChI is InChI=1S/C25H29N3O/c1-17-6-11-23-21(14-17)22-16-27(5)13-12-24(22)28(23)15-18(2)19-7-9-20(10-8-19)25(29)26(3)4/h6-11,14-15H,12-13,16H2,1-5H3/b18-15-. The molecular formula is C25H29N3O. The molecule has 3 aromatic rings. The summed E-state index contributed by atoms with van der Waals surface area (Å²) < 4.78 is 2.38. The molecule has 4 rings (SSSR count). The molecule has 0 N–H and O–H groups in total. The van der Waals surface area contributed by atoms with Gasteiger partial charge in [-0.25, -0.2) is 0 Å². The molecule has 0 saturated heterocycles. The molecule has 1 amide bonds. The monoisotopic (exact) mass is 387 g/mol. The molecule has 4 nitrogen and oxygen atoms in total. The van der Waals surface area contributed by atoms with Crippen LogP contribution in [0.1, 0.15) is 39.7 Å². The van der Waals surface area contributed by atoms with Crippen LogP contribution in [-0.2, 0) is 13.0 Å². The van der Waals surface area contributed by atoms with E-state index in [4.69, 9.17) is 0 Å². The van der Waals surface area contributed by atoms with Gasteiger partial charge < -0.3 is 14.4 Å². The number of fused-ring (bicyclic) bond motifs is 3. The average molecular weight is 388 g/mol. The summed E-state index contributed by atoms with van der Waals surface area (Å²) in [6.45, 7) is 6.38. The first-order chi connectivity index (χ1) is 13.8. The fourth-order valence-electron chi connectivity index (χ4n) is 4.19. The zero-order chi connectivity index (χ0) is 20.7. The van der Waals surface area contributed by atoms with E-state index in [-0.39, 0.29) is 5.91 Å². The van der Waals surface area contributed by atoms with Gasteiger partial charge in [-0.05, 0) is 61.9 Å². The first kappa shape index (κ1) is 19.5. The minimum Gasteiger partial charge on any atom is -0.345 e. The number of hydrogen-bond acceptors (Lipinski definition) is 2. The molecule has 0 unspecified atom stereocenters. The Morgan fingerprint density at radius 1 is 1.07 bits per heavy atom. The van der Waals surface area contributed by atoms with E-state index >= 15 is 0 Å². The van der Waals surface area contributed by atoms with Crippen molar-refractivity contribution in [1.29, 1.82) is 0 Å². The van der Waals surface area contributed by atoms with Gasteiger partial charge in [-0.15, -0.1) is 0 Å². The van der Waals surface area contributed by atoms with E-state index in [1.54, 1.807) is 19.0 Å². The van der Waals surface area contributed by atoms with Crippen molar-refractivity contribution in [2.45, 2.75) is 26.8 Å². The van der Waals surface area contributed by atoms with Crippen molar-refractivity contribution < 1.29 is 4.79 Å². The number of likely N-dealkylation sites (N-methyl/N-ethyl adjacent to an activating group) is 1. The highest BCUT2D eigenvalue weighted by Gasteiger charge is 2.21. The molecule has 1 aliphatic heterocycles. The lowest BCUT2D eigenvalue weighted by atomic mass is 10.0. The third-order valence-electron chi connectivity index (χ3n) is 5.85. The maximum Gasteiger partial charge on any atom is 0.253 e. The molecule has 1 aromatic heterocycles. The third-order valence-corrected chi connectivity index (χ3v) is 5.85. The Morgan fingerprint density at radius 3 is 2.45 bits per heavy atom. The van der Waals surface area contributed by atoms with Crippen LogP contribution in [0, 0.1) is 6.92 Å². The van der Waals surface area contributed by atoms with Crippen LogP contribution >= 0.6 is 0 Å². The molecule has 0 fully saturated rings. The van der Waals surface area contributed by atoms with Crippen LogP contribution < -0.4 is 0 Å². The van der Waals surface area contributed by atoms with Gasteiger partial charge in [-0.3, -0.25) is 4.79 Å². The third kappa shape index (κ3) is 3.60. The normalized spacial score (nSPS) is 14.9. The quantitative estimate of drug-likeness (QED) is 0.654. The van der Waals surface area contributed by atoms with Crippen LogP contribution in [0.3, 0.4) is 0 Å². The number of carbonyl (C=O) groups excluding carboxylic acids is 1. The number of amides is 1. The number of benzene rings is 2. The van der Waals surface area contributed by atoms with Crippen molar-refractivity contribution in [1.82, 2.24) is 14.4 Å². The lowest BCUT2D eigenvalue weighted by Gasteiger charge is -2.23. The molecule has 0 saturated carbocycles. The second-order valence-corrected chi connectivity index (χ2v) is 8.39. The van der Waals surface area contributed by atoms with Gasteiger partial charge in [-0.1, -0.05) is 23.8 Å². The van der Waals surface area contributed by atoms with Gasteiger partial charge in [0.05, 0.1) is 5.52 Å². The van der Waals surface area contributed by atoms with Crippen molar-refractivity contribution in [2.75, 3.05) is 27.7 Å². The van der Waals surface area contributed by atoms with Crippen LogP contribution in [0.2, 0.25) is 0 Å². The highest BCUT2D eigenvalue weighted by atomic mass is 16.2. The van der Waals surface area contributed by atoms with Crippen molar-refractivity contribution in [2.24, 2.45) is 0 Å². The Bertz CT molecular complexity index is 1100. The number of carbonyl (C=O) groups is 1. The Hall–Kier alpha value is -2.85. The number of aryl methyl sites for hydroxylation is 1. The molecule has 2 heterocycles. The van der Waals surface area contributed by atoms with E-state index in [9.17, 15) is 4.79 Å². The van der Waals surface area contributed by atoms with Gasteiger partial charge in [-0.2, -0.15) is 0 Å². The molecule has 0 radical (unpaired) electrons. The molecule has 1 aliphatic rings. The van der Waals surface area contributed by atoms with E-state index in [1.165, 1.54) is 33.3 Å². The minimum atomic E-state index is 0.0307. The summed E-state index contributed by atoms with van der Waals surface area (Å²) in [5.41, 5.74) is 8.48. The predicted molar refractivity (Wildman–Crippen MR) is 121 cm³/mol. The molecule has 0 bridgehead atoms. The van der Waals surface area contributed by atoms with Crippen molar-refractivity contribution >= 4 is 28.6 Å². The van der Waals surface area contributed by atoms with Crippen LogP contribution in [0.15, 0.2) is 42.5 Å². The largest absolute Gasteiger partial charge is 0.345 e. The fraction of sp³-hybridized carbons (Fsp3) is 0.320. The lowest BCUT2D eigenvalue weighted by molar-refractivity contribution is 0.0827. The van der Waals surface area contributed by atoms with Gasteiger partial charge >= 0.3 is 0 Å². The summed E-state index contributed by atoms with van der Waals surface area (Å²) in [4.78, 5) is 16.1. The topological polar surface area (TPSA) is 28.5 Å². The Morgan fingerprint density at radius 2 is 1.76 bits per heavy atom. The van der Waals surface area contributed by atoms with Crippen LogP contribution in [-0.4, -0.2) is 48.0 Å². The van der Waals surface area contributed by atoms with E-state index < -0.39 is 0 Å². The predicted octanol–water partition coefficient (Wildman–Crippen LogP) is 4.66. The molecule has 0 spiro atoms. The molecule has 0 aliphatic carbocycles. The first-order valence-electron chi connectivity index (χ1n) is 10.2. The van der Waals surface area contributed by atoms with Crippen molar-refractivity contribution in [3.05, 3.63) is 70.4 Å². The summed E-state index contributed by atoms with van der Waals surface area (Å²) in [7, 11) is 5.75. The number of aromatic nitrogens is 1. The highest BCUT2D eigenvalue weighted by molar-refractivity contribution is 5.94. The van der Waals surface area contributed by atoms with Gasteiger partial charge in [0.2, 0.25) is 0 Å². The van der Waals surface area contributed by atoms with Crippen LogP contribution in [0.25, 0.3) is 22.7 Å². The summed E-state index contributed by atoms with van der Waals surface area (Å²) in [5.74, 6) is 0.0307. The average Bonchev–Trinajstić information content (AvgIpc) is 2.99. The molecule has 2 aromatic carbocycles. The Kier molecular flexibility index (Phi) is 5.05. The molecular weight excluding hydrogens is 358 g/mol. The smallest absolute Gasteiger partial charge is 0.253 e. The Labute approximate surface area is 173 Å². The molecule has 4 heteroatoms. The summed E-state index contributed by atoms with van der Waals surface area (Å²) in [5, 5.41) is 1.36. The van der Waals surface area contributed by atoms with E-state index in [0.717, 1.165) is 25.1 Å². The summed E-state index contributed by atoms with van der Waals surface area (Å²) in [6.07, 6.45) is 3.31. The maximum absolute atomic E-state index is 12.1. The SMILES string of the molecule is C/C(=C/n1c2c(c3cc(C)ccc31)CN(C)CC2)c1ccc(C(=O)N(C)C)cc1. The maximum atomic E-state index is 12.1. The summed E-state index contributed by atoms with van der Waals surface area (Å²) >= 11 is 0. The van der Waals surface area contributed by atoms with Gasteiger partial charge in [0.1, 0.15) is 0 Å². The second kappa shape index (κ2) is 7.53. The van der Waals surface area contributed by atoms with Gasteiger partial charge in [0.15, 0.2) is 0 Å². The fourth-order valence-corrected chi connectivity index (χ4v) is 4.19.